The second-order valence-electron chi connectivity index (χ2n) is 4.42. The first-order valence-electron chi connectivity index (χ1n) is 6.24. The number of carbonyl (C=O) groups is 1. The number of nitrogens with two attached hydrogens (primary N) is 1. The molecule has 0 spiro atoms. The number of ether oxygens (including phenoxy) is 1. The highest BCUT2D eigenvalue weighted by atomic mass is 35.5. The van der Waals surface area contributed by atoms with Crippen molar-refractivity contribution in [3.05, 3.63) is 29.3 Å². The van der Waals surface area contributed by atoms with Crippen molar-refractivity contribution in [2.24, 2.45) is 5.73 Å². The molecule has 0 aliphatic rings. The number of sulfone groups is 1. The van der Waals surface area contributed by atoms with Crippen LogP contribution in [0.25, 0.3) is 0 Å². The van der Waals surface area contributed by atoms with Gasteiger partial charge in [-0.1, -0.05) is 18.5 Å². The lowest BCUT2D eigenvalue weighted by Gasteiger charge is -2.12. The Balaban J connectivity index is 2.62. The number of hydrogen-bond donors (Lipinski definition) is 1. The van der Waals surface area contributed by atoms with Crippen molar-refractivity contribution in [1.29, 1.82) is 0 Å². The molecule has 1 aromatic carbocycles. The van der Waals surface area contributed by atoms with Gasteiger partial charge in [0.2, 0.25) is 0 Å². The number of carbonyl (C=O) groups excluding carboxylic acids is 1. The summed E-state index contributed by atoms with van der Waals surface area (Å²) in [5.74, 6) is -0.791. The largest absolute Gasteiger partial charge is 0.466 e. The maximum Gasteiger partial charge on any atom is 0.307 e. The Morgan fingerprint density at radius 3 is 2.50 bits per heavy atom. The van der Waals surface area contributed by atoms with E-state index in [1.165, 1.54) is 24.3 Å². The third-order valence-corrected chi connectivity index (χ3v) is 4.61. The Labute approximate surface area is 124 Å². The normalized spacial score (nSPS) is 12.9. The SMILES string of the molecule is CCCOC(=O)CC(N)CS(=O)(=O)c1ccc(Cl)cc1. The van der Waals surface area contributed by atoms with E-state index in [0.29, 0.717) is 18.1 Å². The van der Waals surface area contributed by atoms with Crippen molar-refractivity contribution in [3.8, 4) is 0 Å². The van der Waals surface area contributed by atoms with Gasteiger partial charge in [0.05, 0.1) is 23.7 Å². The highest BCUT2D eigenvalue weighted by molar-refractivity contribution is 7.91. The van der Waals surface area contributed by atoms with E-state index in [2.05, 4.69) is 0 Å². The first-order chi connectivity index (χ1) is 9.35. The molecule has 0 aliphatic carbocycles. The van der Waals surface area contributed by atoms with Crippen LogP contribution in [0.15, 0.2) is 29.2 Å². The molecule has 0 aliphatic heterocycles. The van der Waals surface area contributed by atoms with Crippen LogP contribution < -0.4 is 5.73 Å². The minimum absolute atomic E-state index is 0.118. The Bertz CT molecular complexity index is 542. The van der Waals surface area contributed by atoms with E-state index in [9.17, 15) is 13.2 Å². The third-order valence-electron chi connectivity index (χ3n) is 2.50. The average Bonchev–Trinajstić information content (AvgIpc) is 2.36. The fourth-order valence-corrected chi connectivity index (χ4v) is 3.12. The molecule has 0 fully saturated rings. The summed E-state index contributed by atoms with van der Waals surface area (Å²) in [5.41, 5.74) is 5.69. The molecule has 0 amide bonds. The number of benzene rings is 1. The monoisotopic (exact) mass is 319 g/mol. The van der Waals surface area contributed by atoms with E-state index in [1.807, 2.05) is 6.92 Å². The summed E-state index contributed by atoms with van der Waals surface area (Å²) in [6.07, 6.45) is 0.594. The van der Waals surface area contributed by atoms with Crippen molar-refractivity contribution < 1.29 is 17.9 Å². The Morgan fingerprint density at radius 1 is 1.35 bits per heavy atom. The fourth-order valence-electron chi connectivity index (χ4n) is 1.57. The molecule has 1 unspecified atom stereocenters. The number of halogens is 1. The van der Waals surface area contributed by atoms with Gasteiger partial charge >= 0.3 is 5.97 Å². The van der Waals surface area contributed by atoms with Crippen molar-refractivity contribution >= 4 is 27.4 Å². The molecule has 112 valence electrons. The van der Waals surface area contributed by atoms with Crippen LogP contribution in [0.3, 0.4) is 0 Å². The lowest BCUT2D eigenvalue weighted by atomic mass is 10.2. The zero-order chi connectivity index (χ0) is 15.2. The van der Waals surface area contributed by atoms with Crippen molar-refractivity contribution in [2.75, 3.05) is 12.4 Å². The highest BCUT2D eigenvalue weighted by Crippen LogP contribution is 2.16. The summed E-state index contributed by atoms with van der Waals surface area (Å²) in [6, 6.07) is 5.03. The zero-order valence-electron chi connectivity index (χ0n) is 11.2. The number of hydrogen-bond acceptors (Lipinski definition) is 5. The lowest BCUT2D eigenvalue weighted by molar-refractivity contribution is -0.143. The minimum atomic E-state index is -3.53. The molecule has 0 radical (unpaired) electrons. The minimum Gasteiger partial charge on any atom is -0.466 e. The Kier molecular flexibility index (Phi) is 6.45. The summed E-state index contributed by atoms with van der Waals surface area (Å²) in [5, 5.41) is 0.455. The molecule has 7 heteroatoms. The van der Waals surface area contributed by atoms with Crippen LogP contribution in [0.4, 0.5) is 0 Å². The van der Waals surface area contributed by atoms with E-state index in [-0.39, 0.29) is 17.1 Å². The van der Waals surface area contributed by atoms with Gasteiger partial charge in [-0.05, 0) is 30.7 Å². The summed E-state index contributed by atoms with van der Waals surface area (Å²) in [6.45, 7) is 2.19. The summed E-state index contributed by atoms with van der Waals surface area (Å²) >= 11 is 5.70. The van der Waals surface area contributed by atoms with Gasteiger partial charge in [-0.3, -0.25) is 4.79 Å². The quantitative estimate of drug-likeness (QED) is 0.774. The maximum absolute atomic E-state index is 12.1. The standard InChI is InChI=1S/C13H18ClNO4S/c1-2-7-19-13(16)8-11(15)9-20(17,18)12-5-3-10(14)4-6-12/h3-6,11H,2,7-9,15H2,1H3. The van der Waals surface area contributed by atoms with Crippen LogP contribution in [-0.2, 0) is 19.4 Å². The molecule has 1 rings (SSSR count). The van der Waals surface area contributed by atoms with Crippen molar-refractivity contribution in [2.45, 2.75) is 30.7 Å². The van der Waals surface area contributed by atoms with E-state index in [1.54, 1.807) is 0 Å². The Morgan fingerprint density at radius 2 is 1.95 bits per heavy atom. The van der Waals surface area contributed by atoms with Gasteiger partial charge < -0.3 is 10.5 Å². The van der Waals surface area contributed by atoms with Crippen LogP contribution in [0.5, 0.6) is 0 Å². The van der Waals surface area contributed by atoms with Crippen LogP contribution >= 0.6 is 11.6 Å². The number of rotatable bonds is 7. The molecule has 1 atom stereocenters. The van der Waals surface area contributed by atoms with Crippen molar-refractivity contribution in [1.82, 2.24) is 0 Å². The predicted molar refractivity (Wildman–Crippen MR) is 77.3 cm³/mol. The predicted octanol–water partition coefficient (Wildman–Crippen LogP) is 1.78. The van der Waals surface area contributed by atoms with Crippen LogP contribution in [-0.4, -0.2) is 32.8 Å². The zero-order valence-corrected chi connectivity index (χ0v) is 12.8. The fraction of sp³-hybridized carbons (Fsp3) is 0.462. The summed E-state index contributed by atoms with van der Waals surface area (Å²) in [7, 11) is -3.53. The second-order valence-corrected chi connectivity index (χ2v) is 6.89. The Hall–Kier alpha value is -1.11. The van der Waals surface area contributed by atoms with Gasteiger partial charge in [0.25, 0.3) is 0 Å². The van der Waals surface area contributed by atoms with Gasteiger partial charge in [0.1, 0.15) is 0 Å². The maximum atomic E-state index is 12.1. The number of esters is 1. The smallest absolute Gasteiger partial charge is 0.307 e. The van der Waals surface area contributed by atoms with Gasteiger partial charge in [-0.15, -0.1) is 0 Å². The molecule has 0 bridgehead atoms. The molecular formula is C13H18ClNO4S. The van der Waals surface area contributed by atoms with Crippen LogP contribution in [0.2, 0.25) is 5.02 Å². The topological polar surface area (TPSA) is 86.5 Å². The van der Waals surface area contributed by atoms with E-state index in [4.69, 9.17) is 22.1 Å². The van der Waals surface area contributed by atoms with Gasteiger partial charge in [-0.25, -0.2) is 8.42 Å². The van der Waals surface area contributed by atoms with Crippen molar-refractivity contribution in [3.63, 3.8) is 0 Å². The molecule has 2 N–H and O–H groups in total. The van der Waals surface area contributed by atoms with Gasteiger partial charge in [0.15, 0.2) is 9.84 Å². The molecule has 0 heterocycles. The summed E-state index contributed by atoms with van der Waals surface area (Å²) in [4.78, 5) is 11.5. The van der Waals surface area contributed by atoms with E-state index in [0.717, 1.165) is 0 Å². The second kappa shape index (κ2) is 7.61. The average molecular weight is 320 g/mol. The highest BCUT2D eigenvalue weighted by Gasteiger charge is 2.21. The molecule has 0 aromatic heterocycles. The molecule has 0 saturated heterocycles. The third kappa shape index (κ3) is 5.48. The van der Waals surface area contributed by atoms with Gasteiger partial charge in [-0.2, -0.15) is 0 Å². The lowest BCUT2D eigenvalue weighted by Crippen LogP contribution is -2.32. The van der Waals surface area contributed by atoms with Gasteiger partial charge in [0, 0.05) is 11.1 Å². The molecular weight excluding hydrogens is 302 g/mol. The molecule has 5 nitrogen and oxygen atoms in total. The molecule has 0 saturated carbocycles. The van der Waals surface area contributed by atoms with Crippen LogP contribution in [0.1, 0.15) is 19.8 Å². The van der Waals surface area contributed by atoms with E-state index >= 15 is 0 Å². The molecule has 1 aromatic rings. The first-order valence-corrected chi connectivity index (χ1v) is 8.27. The van der Waals surface area contributed by atoms with Crippen LogP contribution in [0, 0.1) is 0 Å². The van der Waals surface area contributed by atoms with E-state index < -0.39 is 21.8 Å². The first kappa shape index (κ1) is 16.9. The molecule has 20 heavy (non-hydrogen) atoms. The summed E-state index contributed by atoms with van der Waals surface area (Å²) < 4.78 is 29.0.